The third-order valence-electron chi connectivity index (χ3n) is 2.23. The summed E-state index contributed by atoms with van der Waals surface area (Å²) in [5, 5.41) is 17.0. The molecule has 0 aliphatic rings. The lowest BCUT2D eigenvalue weighted by Gasteiger charge is -2.14. The molecule has 0 amide bonds. The van der Waals surface area contributed by atoms with E-state index in [9.17, 15) is 22.0 Å². The Balaban J connectivity index is 3.05. The van der Waals surface area contributed by atoms with Crippen LogP contribution in [-0.4, -0.2) is 43.7 Å². The van der Waals surface area contributed by atoms with Crippen molar-refractivity contribution in [3.05, 3.63) is 28.8 Å². The Bertz CT molecular complexity index is 620. The van der Waals surface area contributed by atoms with Crippen molar-refractivity contribution < 1.29 is 32.2 Å². The number of nitrogens with one attached hydrogen (secondary N) is 1. The van der Waals surface area contributed by atoms with Crippen LogP contribution in [0, 0.1) is 0 Å². The summed E-state index contributed by atoms with van der Waals surface area (Å²) >= 11 is 5.56. The molecule has 0 aliphatic heterocycles. The van der Waals surface area contributed by atoms with Crippen LogP contribution in [-0.2, 0) is 10.0 Å². The standard InChI is InChI=1S/C10H10ClF2NO5S/c11-8-2-1-6(3-7(8)9(16)17)20(18,19)14-4-10(12,13)5-15/h1-3,14-15H,4-5H2,(H,16,17). The first-order valence-corrected chi connectivity index (χ1v) is 6.96. The molecule has 0 fully saturated rings. The Kier molecular flexibility index (Phi) is 5.03. The van der Waals surface area contributed by atoms with Gasteiger partial charge in [-0.1, -0.05) is 11.6 Å². The molecule has 0 aromatic heterocycles. The largest absolute Gasteiger partial charge is 0.478 e. The molecule has 0 radical (unpaired) electrons. The Morgan fingerprint density at radius 1 is 1.40 bits per heavy atom. The Labute approximate surface area is 118 Å². The van der Waals surface area contributed by atoms with Crippen LogP contribution in [0.2, 0.25) is 5.02 Å². The van der Waals surface area contributed by atoms with Crippen LogP contribution in [0.25, 0.3) is 0 Å². The molecular weight excluding hydrogens is 320 g/mol. The van der Waals surface area contributed by atoms with E-state index >= 15 is 0 Å². The van der Waals surface area contributed by atoms with Gasteiger partial charge in [0.15, 0.2) is 0 Å². The highest BCUT2D eigenvalue weighted by Crippen LogP contribution is 2.21. The highest BCUT2D eigenvalue weighted by molar-refractivity contribution is 7.89. The van der Waals surface area contributed by atoms with Crippen LogP contribution in [0.1, 0.15) is 10.4 Å². The van der Waals surface area contributed by atoms with Crippen molar-refractivity contribution in [1.82, 2.24) is 4.72 Å². The van der Waals surface area contributed by atoms with Gasteiger partial charge in [0.05, 0.1) is 22.0 Å². The molecule has 0 saturated heterocycles. The van der Waals surface area contributed by atoms with Gasteiger partial charge in [0.25, 0.3) is 5.92 Å². The van der Waals surface area contributed by atoms with E-state index in [0.29, 0.717) is 0 Å². The van der Waals surface area contributed by atoms with Crippen LogP contribution in [0.4, 0.5) is 8.78 Å². The number of aliphatic hydroxyl groups is 1. The molecule has 1 aromatic rings. The van der Waals surface area contributed by atoms with Crippen molar-refractivity contribution in [3.8, 4) is 0 Å². The Morgan fingerprint density at radius 3 is 2.50 bits per heavy atom. The van der Waals surface area contributed by atoms with Crippen molar-refractivity contribution in [2.45, 2.75) is 10.8 Å². The van der Waals surface area contributed by atoms with Gasteiger partial charge in [-0.15, -0.1) is 0 Å². The number of aliphatic hydroxyl groups excluding tert-OH is 1. The van der Waals surface area contributed by atoms with E-state index in [1.54, 1.807) is 4.72 Å². The van der Waals surface area contributed by atoms with Gasteiger partial charge in [0.1, 0.15) is 6.61 Å². The molecule has 112 valence electrons. The van der Waals surface area contributed by atoms with Gasteiger partial charge in [-0.3, -0.25) is 0 Å². The van der Waals surface area contributed by atoms with E-state index in [2.05, 4.69) is 0 Å². The molecule has 0 atom stereocenters. The second-order valence-electron chi connectivity index (χ2n) is 3.79. The number of halogens is 3. The van der Waals surface area contributed by atoms with Gasteiger partial charge in [-0.2, -0.15) is 0 Å². The highest BCUT2D eigenvalue weighted by atomic mass is 35.5. The summed E-state index contributed by atoms with van der Waals surface area (Å²) in [4.78, 5) is 10.3. The monoisotopic (exact) mass is 329 g/mol. The fourth-order valence-corrected chi connectivity index (χ4v) is 2.46. The predicted molar refractivity (Wildman–Crippen MR) is 65.6 cm³/mol. The number of carboxylic acids is 1. The molecule has 0 aliphatic carbocycles. The van der Waals surface area contributed by atoms with E-state index in [-0.39, 0.29) is 5.02 Å². The second kappa shape index (κ2) is 6.00. The van der Waals surface area contributed by atoms with Crippen LogP contribution in [0.15, 0.2) is 23.1 Å². The molecule has 3 N–H and O–H groups in total. The summed E-state index contributed by atoms with van der Waals surface area (Å²) in [6, 6.07) is 2.77. The van der Waals surface area contributed by atoms with Gasteiger partial charge in [0.2, 0.25) is 10.0 Å². The van der Waals surface area contributed by atoms with E-state index in [0.717, 1.165) is 18.2 Å². The summed E-state index contributed by atoms with van der Waals surface area (Å²) in [6.45, 7) is -2.83. The van der Waals surface area contributed by atoms with Gasteiger partial charge in [0, 0.05) is 0 Å². The Morgan fingerprint density at radius 2 is 2.00 bits per heavy atom. The average molecular weight is 330 g/mol. The smallest absolute Gasteiger partial charge is 0.337 e. The molecule has 0 bridgehead atoms. The quantitative estimate of drug-likeness (QED) is 0.720. The topological polar surface area (TPSA) is 104 Å². The first kappa shape index (κ1) is 16.8. The average Bonchev–Trinajstić information content (AvgIpc) is 2.36. The zero-order valence-electron chi connectivity index (χ0n) is 9.81. The molecule has 0 heterocycles. The van der Waals surface area contributed by atoms with Crippen LogP contribution in [0.3, 0.4) is 0 Å². The van der Waals surface area contributed by atoms with Gasteiger partial charge in [-0.25, -0.2) is 26.7 Å². The summed E-state index contributed by atoms with van der Waals surface area (Å²) in [5.41, 5.74) is -0.469. The molecule has 0 spiro atoms. The number of hydrogen-bond donors (Lipinski definition) is 3. The second-order valence-corrected chi connectivity index (χ2v) is 5.96. The van der Waals surface area contributed by atoms with Crippen molar-refractivity contribution >= 4 is 27.6 Å². The van der Waals surface area contributed by atoms with Crippen molar-refractivity contribution in [2.24, 2.45) is 0 Å². The lowest BCUT2D eigenvalue weighted by Crippen LogP contribution is -2.39. The van der Waals surface area contributed by atoms with Gasteiger partial charge >= 0.3 is 5.97 Å². The summed E-state index contributed by atoms with van der Waals surface area (Å²) in [5.74, 6) is -5.07. The number of aromatic carboxylic acids is 1. The number of hydrogen-bond acceptors (Lipinski definition) is 4. The normalized spacial score (nSPS) is 12.4. The van der Waals surface area contributed by atoms with Crippen LogP contribution < -0.4 is 4.72 Å². The molecule has 1 rings (SSSR count). The number of alkyl halides is 2. The van der Waals surface area contributed by atoms with E-state index in [4.69, 9.17) is 21.8 Å². The maximum atomic E-state index is 12.8. The molecule has 10 heteroatoms. The zero-order valence-corrected chi connectivity index (χ0v) is 11.4. The zero-order chi connectivity index (χ0) is 15.6. The fraction of sp³-hybridized carbons (Fsp3) is 0.300. The molecule has 1 aromatic carbocycles. The molecule has 20 heavy (non-hydrogen) atoms. The summed E-state index contributed by atoms with van der Waals surface area (Å²) in [6.07, 6.45) is 0. The summed E-state index contributed by atoms with van der Waals surface area (Å²) < 4.78 is 50.6. The van der Waals surface area contributed by atoms with Crippen LogP contribution >= 0.6 is 11.6 Å². The number of carbonyl (C=O) groups is 1. The van der Waals surface area contributed by atoms with E-state index in [1.165, 1.54) is 0 Å². The molecule has 0 unspecified atom stereocenters. The number of benzene rings is 1. The third kappa shape index (κ3) is 4.10. The maximum absolute atomic E-state index is 12.8. The minimum atomic E-state index is -4.34. The van der Waals surface area contributed by atoms with Gasteiger partial charge in [-0.05, 0) is 18.2 Å². The van der Waals surface area contributed by atoms with E-state index < -0.39 is 45.5 Å². The highest BCUT2D eigenvalue weighted by Gasteiger charge is 2.30. The lowest BCUT2D eigenvalue weighted by atomic mass is 10.2. The number of carboxylic acid groups (broad SMARTS) is 1. The molecular formula is C10H10ClF2NO5S. The first-order chi connectivity index (χ1) is 9.09. The van der Waals surface area contributed by atoms with Crippen molar-refractivity contribution in [2.75, 3.05) is 13.2 Å². The predicted octanol–water partition coefficient (Wildman–Crippen LogP) is 0.944. The summed E-state index contributed by atoms with van der Waals surface area (Å²) in [7, 11) is -4.34. The lowest BCUT2D eigenvalue weighted by molar-refractivity contribution is -0.0437. The maximum Gasteiger partial charge on any atom is 0.337 e. The van der Waals surface area contributed by atoms with Crippen molar-refractivity contribution in [1.29, 1.82) is 0 Å². The van der Waals surface area contributed by atoms with Gasteiger partial charge < -0.3 is 10.2 Å². The fourth-order valence-electron chi connectivity index (χ4n) is 1.18. The van der Waals surface area contributed by atoms with Crippen LogP contribution in [0.5, 0.6) is 0 Å². The molecule has 6 nitrogen and oxygen atoms in total. The Hall–Kier alpha value is -1.29. The number of rotatable bonds is 6. The first-order valence-electron chi connectivity index (χ1n) is 5.10. The number of sulfonamides is 1. The van der Waals surface area contributed by atoms with E-state index in [1.807, 2.05) is 0 Å². The van der Waals surface area contributed by atoms with Crippen molar-refractivity contribution in [3.63, 3.8) is 0 Å². The molecule has 0 saturated carbocycles. The third-order valence-corrected chi connectivity index (χ3v) is 3.96. The minimum Gasteiger partial charge on any atom is -0.478 e. The minimum absolute atomic E-state index is 0.183. The SMILES string of the molecule is O=C(O)c1cc(S(=O)(=O)NCC(F)(F)CO)ccc1Cl.